The van der Waals surface area contributed by atoms with Crippen LogP contribution >= 0.6 is 11.3 Å². The predicted molar refractivity (Wildman–Crippen MR) is 114 cm³/mol. The van der Waals surface area contributed by atoms with Gasteiger partial charge in [-0.1, -0.05) is 30.3 Å². The van der Waals surface area contributed by atoms with Crippen molar-refractivity contribution in [3.05, 3.63) is 65.0 Å². The molecule has 1 fully saturated rings. The first kappa shape index (κ1) is 20.0. The number of rotatable bonds is 6. The van der Waals surface area contributed by atoms with Crippen molar-refractivity contribution in [1.82, 2.24) is 9.62 Å². The highest BCUT2D eigenvalue weighted by Crippen LogP contribution is 2.25. The van der Waals surface area contributed by atoms with E-state index in [1.54, 1.807) is 24.3 Å². The number of carbonyl (C=O) groups excluding carboxylic acids is 1. The van der Waals surface area contributed by atoms with Gasteiger partial charge in [0.2, 0.25) is 10.0 Å². The van der Waals surface area contributed by atoms with Crippen molar-refractivity contribution < 1.29 is 17.9 Å². The van der Waals surface area contributed by atoms with Crippen LogP contribution in [0, 0.1) is 0 Å². The molecule has 0 bridgehead atoms. The molecule has 2 aromatic carbocycles. The molecule has 0 spiro atoms. The van der Waals surface area contributed by atoms with E-state index in [0.29, 0.717) is 44.1 Å². The zero-order chi connectivity index (χ0) is 20.3. The second kappa shape index (κ2) is 8.62. The lowest BCUT2D eigenvalue weighted by Crippen LogP contribution is -2.40. The highest BCUT2D eigenvalue weighted by atomic mass is 32.2. The fraction of sp³-hybridized carbons (Fsp3) is 0.286. The molecule has 29 heavy (non-hydrogen) atoms. The molecule has 8 heteroatoms. The smallest absolute Gasteiger partial charge is 0.261 e. The van der Waals surface area contributed by atoms with Gasteiger partial charge >= 0.3 is 0 Å². The molecule has 152 valence electrons. The summed E-state index contributed by atoms with van der Waals surface area (Å²) in [4.78, 5) is 13.4. The van der Waals surface area contributed by atoms with Gasteiger partial charge in [-0.2, -0.15) is 4.31 Å². The lowest BCUT2D eigenvalue weighted by molar-refractivity contribution is 0.0730. The minimum Gasteiger partial charge on any atom is -0.379 e. The van der Waals surface area contributed by atoms with Crippen LogP contribution in [-0.4, -0.2) is 51.5 Å². The van der Waals surface area contributed by atoms with Crippen molar-refractivity contribution >= 4 is 37.4 Å². The van der Waals surface area contributed by atoms with Crippen LogP contribution in [0.4, 0.5) is 0 Å². The Balaban J connectivity index is 1.33. The number of thiophene rings is 1. The Labute approximate surface area is 174 Å². The van der Waals surface area contributed by atoms with Gasteiger partial charge in [-0.3, -0.25) is 4.79 Å². The molecule has 0 unspecified atom stereocenters. The van der Waals surface area contributed by atoms with E-state index in [1.807, 2.05) is 30.3 Å². The fourth-order valence-electron chi connectivity index (χ4n) is 3.27. The summed E-state index contributed by atoms with van der Waals surface area (Å²) in [5.74, 6) is -0.0854. The van der Waals surface area contributed by atoms with E-state index in [0.717, 1.165) is 15.6 Å². The number of benzene rings is 2. The number of sulfonamides is 1. The second-order valence-electron chi connectivity index (χ2n) is 6.81. The zero-order valence-corrected chi connectivity index (χ0v) is 17.5. The Hall–Kier alpha value is -2.26. The quantitative estimate of drug-likeness (QED) is 0.653. The van der Waals surface area contributed by atoms with E-state index >= 15 is 0 Å². The molecule has 1 aliphatic heterocycles. The molecule has 1 amide bonds. The van der Waals surface area contributed by atoms with E-state index in [4.69, 9.17) is 4.74 Å². The summed E-state index contributed by atoms with van der Waals surface area (Å²) in [6.07, 6.45) is 0.633. The van der Waals surface area contributed by atoms with Crippen molar-refractivity contribution in [2.75, 3.05) is 32.8 Å². The van der Waals surface area contributed by atoms with E-state index in [-0.39, 0.29) is 10.8 Å². The number of morpholine rings is 1. The number of carbonyl (C=O) groups is 1. The van der Waals surface area contributed by atoms with Crippen LogP contribution in [0.2, 0.25) is 0 Å². The van der Waals surface area contributed by atoms with Crippen molar-refractivity contribution in [1.29, 1.82) is 0 Å². The standard InChI is InChI=1S/C21H22N2O4S2/c24-21(20-15-17-3-1-2-4-19(17)28-20)22-10-9-16-5-7-18(8-6-16)29(25,26)23-11-13-27-14-12-23/h1-8,15H,9-14H2,(H,22,24). The predicted octanol–water partition coefficient (Wildman–Crippen LogP) is 2.89. The summed E-state index contributed by atoms with van der Waals surface area (Å²) >= 11 is 1.48. The van der Waals surface area contributed by atoms with Crippen molar-refractivity contribution in [2.45, 2.75) is 11.3 Å². The molecule has 2 heterocycles. The Morgan fingerprint density at radius 1 is 1.07 bits per heavy atom. The molecule has 1 aromatic heterocycles. The Morgan fingerprint density at radius 3 is 2.52 bits per heavy atom. The SMILES string of the molecule is O=C(NCCc1ccc(S(=O)(=O)N2CCOCC2)cc1)c1cc2ccccc2s1. The van der Waals surface area contributed by atoms with Gasteiger partial charge in [-0.05, 0) is 41.6 Å². The van der Waals surface area contributed by atoms with Crippen LogP contribution < -0.4 is 5.32 Å². The summed E-state index contributed by atoms with van der Waals surface area (Å²) < 4.78 is 33.1. The zero-order valence-electron chi connectivity index (χ0n) is 15.8. The number of hydrogen-bond donors (Lipinski definition) is 1. The normalized spacial score (nSPS) is 15.4. The summed E-state index contributed by atoms with van der Waals surface area (Å²) in [6.45, 7) is 2.11. The third-order valence-electron chi connectivity index (χ3n) is 4.88. The molecule has 0 saturated carbocycles. The summed E-state index contributed by atoms with van der Waals surface area (Å²) in [5.41, 5.74) is 0.975. The van der Waals surface area contributed by atoms with Gasteiger partial charge in [0.05, 0.1) is 23.0 Å². The van der Waals surface area contributed by atoms with E-state index in [9.17, 15) is 13.2 Å². The van der Waals surface area contributed by atoms with Gasteiger partial charge < -0.3 is 10.1 Å². The van der Waals surface area contributed by atoms with Gasteiger partial charge in [0.1, 0.15) is 0 Å². The molecule has 4 rings (SSSR count). The van der Waals surface area contributed by atoms with E-state index in [1.165, 1.54) is 15.6 Å². The summed E-state index contributed by atoms with van der Waals surface area (Å²) in [6, 6.07) is 16.7. The Bertz CT molecular complexity index is 1070. The molecule has 1 aliphatic rings. The van der Waals surface area contributed by atoms with Gasteiger partial charge in [0, 0.05) is 24.3 Å². The highest BCUT2D eigenvalue weighted by molar-refractivity contribution is 7.89. The topological polar surface area (TPSA) is 75.7 Å². The maximum atomic E-state index is 12.6. The highest BCUT2D eigenvalue weighted by Gasteiger charge is 2.26. The summed E-state index contributed by atoms with van der Waals surface area (Å²) in [7, 11) is -3.48. The van der Waals surface area contributed by atoms with Crippen molar-refractivity contribution in [3.8, 4) is 0 Å². The number of nitrogens with zero attached hydrogens (tertiary/aromatic N) is 1. The lowest BCUT2D eigenvalue weighted by atomic mass is 10.1. The molecule has 0 radical (unpaired) electrons. The first-order chi connectivity index (χ1) is 14.0. The minimum absolute atomic E-state index is 0.0854. The van der Waals surface area contributed by atoms with Crippen LogP contribution in [0.1, 0.15) is 15.2 Å². The first-order valence-electron chi connectivity index (χ1n) is 9.48. The van der Waals surface area contributed by atoms with Crippen LogP contribution in [0.25, 0.3) is 10.1 Å². The van der Waals surface area contributed by atoms with Crippen LogP contribution in [0.15, 0.2) is 59.5 Å². The molecule has 3 aromatic rings. The number of fused-ring (bicyclic) bond motifs is 1. The maximum absolute atomic E-state index is 12.6. The summed E-state index contributed by atoms with van der Waals surface area (Å²) in [5, 5.41) is 4.01. The largest absolute Gasteiger partial charge is 0.379 e. The van der Waals surface area contributed by atoms with Crippen LogP contribution in [0.3, 0.4) is 0 Å². The van der Waals surface area contributed by atoms with E-state index in [2.05, 4.69) is 5.32 Å². The van der Waals surface area contributed by atoms with Crippen molar-refractivity contribution in [2.24, 2.45) is 0 Å². The van der Waals surface area contributed by atoms with Crippen LogP contribution in [-0.2, 0) is 21.2 Å². The molecule has 1 saturated heterocycles. The Kier molecular flexibility index (Phi) is 5.96. The number of nitrogens with one attached hydrogen (secondary N) is 1. The number of amides is 1. The molecular weight excluding hydrogens is 408 g/mol. The lowest BCUT2D eigenvalue weighted by Gasteiger charge is -2.26. The third-order valence-corrected chi connectivity index (χ3v) is 7.91. The van der Waals surface area contributed by atoms with Gasteiger partial charge in [0.15, 0.2) is 0 Å². The molecule has 6 nitrogen and oxygen atoms in total. The van der Waals surface area contributed by atoms with Crippen molar-refractivity contribution in [3.63, 3.8) is 0 Å². The van der Waals surface area contributed by atoms with Gasteiger partial charge in [-0.15, -0.1) is 11.3 Å². The molecule has 0 atom stereocenters. The average Bonchev–Trinajstić information content (AvgIpc) is 3.19. The van der Waals surface area contributed by atoms with Crippen LogP contribution in [0.5, 0.6) is 0 Å². The Morgan fingerprint density at radius 2 is 1.79 bits per heavy atom. The van der Waals surface area contributed by atoms with E-state index < -0.39 is 10.0 Å². The molecular formula is C21H22N2O4S2. The number of ether oxygens (including phenoxy) is 1. The number of hydrogen-bond acceptors (Lipinski definition) is 5. The third kappa shape index (κ3) is 4.51. The maximum Gasteiger partial charge on any atom is 0.261 e. The minimum atomic E-state index is -3.48. The monoisotopic (exact) mass is 430 g/mol. The first-order valence-corrected chi connectivity index (χ1v) is 11.7. The van der Waals surface area contributed by atoms with Gasteiger partial charge in [0.25, 0.3) is 5.91 Å². The average molecular weight is 431 g/mol. The second-order valence-corrected chi connectivity index (χ2v) is 9.84. The molecule has 0 aliphatic carbocycles. The molecule has 1 N–H and O–H groups in total. The fourth-order valence-corrected chi connectivity index (χ4v) is 5.65. The van der Waals surface area contributed by atoms with Gasteiger partial charge in [-0.25, -0.2) is 8.42 Å².